The number of nitrogens with one attached hydrogen (secondary N) is 1. The lowest BCUT2D eigenvalue weighted by molar-refractivity contribution is -0.161. The van der Waals surface area contributed by atoms with Crippen molar-refractivity contribution in [2.24, 2.45) is 5.92 Å². The zero-order valence-electron chi connectivity index (χ0n) is 25.9. The Balaban J connectivity index is 1.38. The number of alkyl carbamates (subject to hydrolysis) is 1. The number of aliphatic carboxylic acids is 1. The summed E-state index contributed by atoms with van der Waals surface area (Å²) in [6, 6.07) is 16.2. The predicted molar refractivity (Wildman–Crippen MR) is 167 cm³/mol. The van der Waals surface area contributed by atoms with Gasteiger partial charge in [0.15, 0.2) is 0 Å². The van der Waals surface area contributed by atoms with Crippen LogP contribution in [0.4, 0.5) is 9.18 Å². The maximum Gasteiger partial charge on any atom is 0.408 e. The van der Waals surface area contributed by atoms with Crippen LogP contribution >= 0.6 is 0 Å². The molecule has 0 spiro atoms. The zero-order chi connectivity index (χ0) is 32.3. The lowest BCUT2D eigenvalue weighted by Gasteiger charge is -2.44. The molecule has 3 aromatic rings. The molecule has 3 unspecified atom stereocenters. The van der Waals surface area contributed by atoms with Crippen molar-refractivity contribution in [3.63, 3.8) is 0 Å². The Kier molecular flexibility index (Phi) is 9.41. The van der Waals surface area contributed by atoms with Gasteiger partial charge in [-0.05, 0) is 67.1 Å². The number of ether oxygens (including phenoxy) is 1. The third kappa shape index (κ3) is 8.17. The molecule has 5 rings (SSSR count). The van der Waals surface area contributed by atoms with Crippen LogP contribution in [-0.2, 0) is 32.0 Å². The molecule has 3 amide bonds. The number of nitrogens with zero attached hydrogens (tertiary/aromatic N) is 2. The van der Waals surface area contributed by atoms with Crippen molar-refractivity contribution in [3.8, 4) is 0 Å². The largest absolute Gasteiger partial charge is 0.480 e. The fourth-order valence-corrected chi connectivity index (χ4v) is 5.90. The molecule has 3 aromatic carbocycles. The van der Waals surface area contributed by atoms with E-state index >= 15 is 0 Å². The number of carbonyl (C=O) groups excluding carboxylic acids is 3. The maximum atomic E-state index is 14.1. The van der Waals surface area contributed by atoms with Crippen LogP contribution < -0.4 is 5.32 Å². The molecule has 0 radical (unpaired) electrons. The molecule has 0 bridgehead atoms. The first kappa shape index (κ1) is 31.9. The van der Waals surface area contributed by atoms with E-state index in [4.69, 9.17) is 4.74 Å². The molecule has 1 saturated heterocycles. The quantitative estimate of drug-likeness (QED) is 0.333. The second-order valence-electron chi connectivity index (χ2n) is 13.0. The Morgan fingerprint density at radius 3 is 2.27 bits per heavy atom. The van der Waals surface area contributed by atoms with E-state index in [0.29, 0.717) is 12.0 Å². The molecule has 238 valence electrons. The van der Waals surface area contributed by atoms with Gasteiger partial charge in [0.05, 0.1) is 0 Å². The average molecular weight is 618 g/mol. The molecule has 9 nitrogen and oxygen atoms in total. The second-order valence-corrected chi connectivity index (χ2v) is 13.0. The van der Waals surface area contributed by atoms with Gasteiger partial charge in [0.1, 0.15) is 29.5 Å². The molecule has 2 N–H and O–H groups in total. The highest BCUT2D eigenvalue weighted by Gasteiger charge is 2.45. The SMILES string of the molecule is CC(C)(C)OC(=O)NC(Cc1ccc(F)cc1)C(=O)N1CCN(C(Cc2ccc3ccccc3c2)C(=O)O)C(=O)C1CC1CC1. The van der Waals surface area contributed by atoms with Gasteiger partial charge >= 0.3 is 12.1 Å². The van der Waals surface area contributed by atoms with Crippen LogP contribution in [0.15, 0.2) is 66.7 Å². The molecule has 1 aliphatic carbocycles. The normalized spacial score (nSPS) is 18.4. The number of halogens is 1. The number of rotatable bonds is 10. The van der Waals surface area contributed by atoms with Crippen LogP contribution in [0.2, 0.25) is 0 Å². The topological polar surface area (TPSA) is 116 Å². The van der Waals surface area contributed by atoms with Crippen LogP contribution in [0, 0.1) is 11.7 Å². The van der Waals surface area contributed by atoms with E-state index in [1.54, 1.807) is 32.9 Å². The van der Waals surface area contributed by atoms with Crippen molar-refractivity contribution in [3.05, 3.63) is 83.7 Å². The van der Waals surface area contributed by atoms with Crippen LogP contribution in [0.3, 0.4) is 0 Å². The molecular formula is C35H40FN3O6. The molecule has 2 fully saturated rings. The summed E-state index contributed by atoms with van der Waals surface area (Å²) in [5, 5.41) is 15.0. The van der Waals surface area contributed by atoms with Crippen molar-refractivity contribution in [1.29, 1.82) is 0 Å². The highest BCUT2D eigenvalue weighted by atomic mass is 19.1. The predicted octanol–water partition coefficient (Wildman–Crippen LogP) is 4.95. The van der Waals surface area contributed by atoms with Gasteiger partial charge in [-0.2, -0.15) is 0 Å². The second kappa shape index (κ2) is 13.3. The number of fused-ring (bicyclic) bond motifs is 1. The van der Waals surface area contributed by atoms with Gasteiger partial charge in [-0.15, -0.1) is 0 Å². The molecule has 2 aliphatic rings. The minimum Gasteiger partial charge on any atom is -0.480 e. The van der Waals surface area contributed by atoms with Gasteiger partial charge in [-0.25, -0.2) is 14.0 Å². The maximum absolute atomic E-state index is 14.1. The Morgan fingerprint density at radius 2 is 1.62 bits per heavy atom. The number of carbonyl (C=O) groups is 4. The summed E-state index contributed by atoms with van der Waals surface area (Å²) in [5.74, 6) is -2.16. The first-order chi connectivity index (χ1) is 21.4. The molecule has 0 aromatic heterocycles. The van der Waals surface area contributed by atoms with E-state index < -0.39 is 53.4 Å². The summed E-state index contributed by atoms with van der Waals surface area (Å²) < 4.78 is 19.0. The van der Waals surface area contributed by atoms with E-state index in [1.807, 2.05) is 42.5 Å². The van der Waals surface area contributed by atoms with E-state index in [2.05, 4.69) is 5.32 Å². The number of amides is 3. The number of hydrogen-bond donors (Lipinski definition) is 2. The third-order valence-electron chi connectivity index (χ3n) is 8.31. The number of piperazine rings is 1. The van der Waals surface area contributed by atoms with Gasteiger partial charge in [-0.3, -0.25) is 9.59 Å². The molecule has 1 aliphatic heterocycles. The minimum absolute atomic E-state index is 0.0337. The summed E-state index contributed by atoms with van der Waals surface area (Å²) >= 11 is 0. The molecule has 10 heteroatoms. The van der Waals surface area contributed by atoms with E-state index in [-0.39, 0.29) is 31.8 Å². The summed E-state index contributed by atoms with van der Waals surface area (Å²) in [4.78, 5) is 56.5. The minimum atomic E-state index is -1.11. The smallest absolute Gasteiger partial charge is 0.408 e. The number of carboxylic acid groups (broad SMARTS) is 1. The molecule has 1 heterocycles. The first-order valence-electron chi connectivity index (χ1n) is 15.4. The van der Waals surface area contributed by atoms with Gasteiger partial charge < -0.3 is 25.0 Å². The van der Waals surface area contributed by atoms with E-state index in [9.17, 15) is 28.7 Å². The lowest BCUT2D eigenvalue weighted by atomic mass is 9.96. The molecular weight excluding hydrogens is 577 g/mol. The number of hydrogen-bond acceptors (Lipinski definition) is 5. The van der Waals surface area contributed by atoms with Crippen molar-refractivity contribution >= 4 is 34.6 Å². The average Bonchev–Trinajstić information content (AvgIpc) is 3.81. The number of benzene rings is 3. The molecule has 45 heavy (non-hydrogen) atoms. The summed E-state index contributed by atoms with van der Waals surface area (Å²) in [6.45, 7) is 5.28. The monoisotopic (exact) mass is 617 g/mol. The van der Waals surface area contributed by atoms with Crippen molar-refractivity contribution < 1.29 is 33.4 Å². The highest BCUT2D eigenvalue weighted by molar-refractivity contribution is 5.94. The van der Waals surface area contributed by atoms with Gasteiger partial charge in [0.2, 0.25) is 11.8 Å². The van der Waals surface area contributed by atoms with Crippen LogP contribution in [0.5, 0.6) is 0 Å². The fourth-order valence-electron chi connectivity index (χ4n) is 5.90. The first-order valence-corrected chi connectivity index (χ1v) is 15.4. The standard InChI is InChI=1S/C35H40FN3O6/c1-35(2,3)45-34(44)37-28(19-22-11-14-27(36)15-12-22)31(40)38-16-17-39(32(41)29(38)20-23-8-9-23)30(33(42)43)21-24-10-13-25-6-4-5-7-26(25)18-24/h4-7,10-15,18,23,28-30H,8-9,16-17,19-21H2,1-3H3,(H,37,44)(H,42,43). The van der Waals surface area contributed by atoms with Crippen molar-refractivity contribution in [2.75, 3.05) is 13.1 Å². The third-order valence-corrected chi connectivity index (χ3v) is 8.31. The van der Waals surface area contributed by atoms with Crippen LogP contribution in [0.25, 0.3) is 10.8 Å². The fraction of sp³-hybridized carbons (Fsp3) is 0.429. The van der Waals surface area contributed by atoms with E-state index in [1.165, 1.54) is 21.9 Å². The van der Waals surface area contributed by atoms with E-state index in [0.717, 1.165) is 29.2 Å². The van der Waals surface area contributed by atoms with Gasteiger partial charge in [0, 0.05) is 25.9 Å². The lowest BCUT2D eigenvalue weighted by Crippen LogP contribution is -2.65. The summed E-state index contributed by atoms with van der Waals surface area (Å²) in [6.07, 6.45) is 1.68. The Morgan fingerprint density at radius 1 is 0.956 bits per heavy atom. The molecule has 1 saturated carbocycles. The Bertz CT molecular complexity index is 1570. The highest BCUT2D eigenvalue weighted by Crippen LogP contribution is 2.36. The molecule has 3 atom stereocenters. The van der Waals surface area contributed by atoms with Crippen LogP contribution in [0.1, 0.15) is 51.2 Å². The van der Waals surface area contributed by atoms with Crippen molar-refractivity contribution in [1.82, 2.24) is 15.1 Å². The van der Waals surface area contributed by atoms with Crippen molar-refractivity contribution in [2.45, 2.75) is 76.6 Å². The zero-order valence-corrected chi connectivity index (χ0v) is 25.9. The van der Waals surface area contributed by atoms with Gasteiger partial charge in [-0.1, -0.05) is 67.4 Å². The van der Waals surface area contributed by atoms with Gasteiger partial charge in [0.25, 0.3) is 0 Å². The Labute approximate surface area is 262 Å². The summed E-state index contributed by atoms with van der Waals surface area (Å²) in [7, 11) is 0. The number of carboxylic acids is 1. The van der Waals surface area contributed by atoms with Crippen LogP contribution in [-0.4, -0.2) is 75.6 Å². The Hall–Kier alpha value is -4.47. The summed E-state index contributed by atoms with van der Waals surface area (Å²) in [5.41, 5.74) is 0.614.